The molecule has 0 bridgehead atoms. The number of hydrogen-bond donors (Lipinski definition) is 1. The maximum atomic E-state index is 12.9. The first-order valence-electron chi connectivity index (χ1n) is 8.06. The topological polar surface area (TPSA) is 81.3 Å². The number of carbonyl (C=O) groups is 1. The van der Waals surface area contributed by atoms with Gasteiger partial charge < -0.3 is 5.32 Å². The highest BCUT2D eigenvalue weighted by molar-refractivity contribution is 6.31. The Labute approximate surface area is 157 Å². The zero-order chi connectivity index (χ0) is 19.0. The number of hydrogen-bond acceptors (Lipinski definition) is 4. The predicted molar refractivity (Wildman–Crippen MR) is 98.0 cm³/mol. The van der Waals surface area contributed by atoms with Gasteiger partial charge in [0.1, 0.15) is 12.4 Å². The van der Waals surface area contributed by atoms with Crippen molar-refractivity contribution in [3.63, 3.8) is 0 Å². The van der Waals surface area contributed by atoms with Gasteiger partial charge in [-0.05, 0) is 35.9 Å². The zero-order valence-corrected chi connectivity index (χ0v) is 14.7. The Morgan fingerprint density at radius 2 is 1.96 bits per heavy atom. The van der Waals surface area contributed by atoms with Crippen molar-refractivity contribution in [2.45, 2.75) is 13.1 Å². The molecule has 9 heteroatoms. The van der Waals surface area contributed by atoms with E-state index in [-0.39, 0.29) is 30.4 Å². The lowest BCUT2D eigenvalue weighted by molar-refractivity contribution is -0.121. The van der Waals surface area contributed by atoms with Crippen molar-refractivity contribution in [2.75, 3.05) is 0 Å². The van der Waals surface area contributed by atoms with Gasteiger partial charge in [0, 0.05) is 11.6 Å². The van der Waals surface area contributed by atoms with Crippen LogP contribution in [0.5, 0.6) is 0 Å². The Kier molecular flexibility index (Phi) is 4.33. The first-order chi connectivity index (χ1) is 13.0. The molecule has 2 aromatic carbocycles. The molecule has 0 spiro atoms. The smallest absolute Gasteiger partial charge is 0.262 e. The van der Waals surface area contributed by atoms with Crippen molar-refractivity contribution < 1.29 is 9.18 Å². The van der Waals surface area contributed by atoms with Crippen molar-refractivity contribution in [1.29, 1.82) is 0 Å². The molecule has 27 heavy (non-hydrogen) atoms. The summed E-state index contributed by atoms with van der Waals surface area (Å²) in [7, 11) is 0. The minimum absolute atomic E-state index is 0.199. The number of fused-ring (bicyclic) bond motifs is 3. The minimum Gasteiger partial charge on any atom is -0.350 e. The van der Waals surface area contributed by atoms with E-state index in [9.17, 15) is 14.0 Å². The van der Waals surface area contributed by atoms with Gasteiger partial charge in [-0.1, -0.05) is 28.9 Å². The Hall–Kier alpha value is -3.26. The van der Waals surface area contributed by atoms with Gasteiger partial charge in [0.15, 0.2) is 5.65 Å². The lowest BCUT2D eigenvalue weighted by Gasteiger charge is -2.11. The van der Waals surface area contributed by atoms with Gasteiger partial charge in [-0.25, -0.2) is 4.39 Å². The molecule has 0 aliphatic carbocycles. The van der Waals surface area contributed by atoms with E-state index >= 15 is 0 Å². The number of halogens is 2. The maximum absolute atomic E-state index is 12.9. The summed E-state index contributed by atoms with van der Waals surface area (Å²) < 4.78 is 15.7. The van der Waals surface area contributed by atoms with Gasteiger partial charge in [-0.3, -0.25) is 14.2 Å². The average molecular weight is 386 g/mol. The van der Waals surface area contributed by atoms with E-state index in [2.05, 4.69) is 15.6 Å². The fourth-order valence-corrected chi connectivity index (χ4v) is 3.02. The van der Waals surface area contributed by atoms with Gasteiger partial charge >= 0.3 is 0 Å². The fraction of sp³-hybridized carbons (Fsp3) is 0.111. The molecule has 0 aliphatic rings. The summed E-state index contributed by atoms with van der Waals surface area (Å²) in [6.07, 6.45) is 1.41. The molecule has 0 fully saturated rings. The third-order valence-corrected chi connectivity index (χ3v) is 4.41. The van der Waals surface area contributed by atoms with Gasteiger partial charge in [-0.2, -0.15) is 4.52 Å². The lowest BCUT2D eigenvalue weighted by Crippen LogP contribution is -2.33. The highest BCUT2D eigenvalue weighted by atomic mass is 35.5. The second-order valence-electron chi connectivity index (χ2n) is 5.96. The number of benzene rings is 2. The average Bonchev–Trinajstić information content (AvgIpc) is 3.14. The quantitative estimate of drug-likeness (QED) is 0.583. The number of aromatic nitrogens is 4. The van der Waals surface area contributed by atoms with Crippen molar-refractivity contribution in [3.8, 4) is 0 Å². The number of amides is 1. The van der Waals surface area contributed by atoms with Crippen LogP contribution >= 0.6 is 11.6 Å². The molecule has 1 N–H and O–H groups in total. The summed E-state index contributed by atoms with van der Waals surface area (Å²) >= 11 is 6.01. The molecule has 4 aromatic rings. The molecular weight excluding hydrogens is 373 g/mol. The van der Waals surface area contributed by atoms with Crippen molar-refractivity contribution >= 4 is 34.1 Å². The maximum Gasteiger partial charge on any atom is 0.262 e. The molecule has 0 aliphatic heterocycles. The fourth-order valence-electron chi connectivity index (χ4n) is 2.85. The summed E-state index contributed by atoms with van der Waals surface area (Å²) in [6, 6.07) is 10.6. The van der Waals surface area contributed by atoms with Gasteiger partial charge in [0.25, 0.3) is 5.56 Å². The van der Waals surface area contributed by atoms with Crippen LogP contribution in [0.4, 0.5) is 4.39 Å². The molecule has 136 valence electrons. The van der Waals surface area contributed by atoms with Crippen molar-refractivity contribution in [2.24, 2.45) is 0 Å². The largest absolute Gasteiger partial charge is 0.350 e. The molecular formula is C18H13ClFN5O2. The lowest BCUT2D eigenvalue weighted by atomic mass is 10.2. The van der Waals surface area contributed by atoms with E-state index in [4.69, 9.17) is 11.6 Å². The van der Waals surface area contributed by atoms with Crippen LogP contribution in [-0.4, -0.2) is 25.3 Å². The van der Waals surface area contributed by atoms with Gasteiger partial charge in [0.05, 0.1) is 17.1 Å². The molecule has 2 aromatic heterocycles. The zero-order valence-electron chi connectivity index (χ0n) is 13.9. The molecule has 1 amide bonds. The van der Waals surface area contributed by atoms with Crippen LogP contribution in [0.3, 0.4) is 0 Å². The molecule has 0 radical (unpaired) electrons. The monoisotopic (exact) mass is 385 g/mol. The molecule has 4 rings (SSSR count). The third kappa shape index (κ3) is 3.26. The van der Waals surface area contributed by atoms with Crippen LogP contribution in [0.2, 0.25) is 5.02 Å². The van der Waals surface area contributed by atoms with Crippen LogP contribution in [-0.2, 0) is 17.9 Å². The highest BCUT2D eigenvalue weighted by Gasteiger charge is 2.15. The van der Waals surface area contributed by atoms with E-state index < -0.39 is 0 Å². The molecule has 0 saturated carbocycles. The van der Waals surface area contributed by atoms with Gasteiger partial charge in [-0.15, -0.1) is 5.10 Å². The van der Waals surface area contributed by atoms with Crippen LogP contribution in [0, 0.1) is 5.82 Å². The Balaban J connectivity index is 1.64. The highest BCUT2D eigenvalue weighted by Crippen LogP contribution is 2.17. The summed E-state index contributed by atoms with van der Waals surface area (Å²) in [5.41, 5.74) is 1.31. The minimum atomic E-state index is -0.363. The van der Waals surface area contributed by atoms with E-state index in [1.165, 1.54) is 27.4 Å². The van der Waals surface area contributed by atoms with Crippen LogP contribution in [0.25, 0.3) is 16.6 Å². The normalized spacial score (nSPS) is 11.2. The van der Waals surface area contributed by atoms with Crippen LogP contribution < -0.4 is 10.9 Å². The standard InChI is InChI=1S/C18H13ClFN5O2/c19-12-3-6-14-15(7-12)25-17(9-22-23-25)24(18(14)27)10-16(26)21-8-11-1-4-13(20)5-2-11/h1-7,9H,8,10H2,(H,21,26). The summed E-state index contributed by atoms with van der Waals surface area (Å²) in [5.74, 6) is -0.707. The Morgan fingerprint density at radius 3 is 2.74 bits per heavy atom. The van der Waals surface area contributed by atoms with Crippen molar-refractivity contribution in [3.05, 3.63) is 75.4 Å². The van der Waals surface area contributed by atoms with Crippen LogP contribution in [0.15, 0.2) is 53.5 Å². The van der Waals surface area contributed by atoms with Gasteiger partial charge in [0.2, 0.25) is 5.91 Å². The molecule has 7 nitrogen and oxygen atoms in total. The SMILES string of the molecule is O=C(Cn1c(=O)c2ccc(Cl)cc2n2nncc12)NCc1ccc(F)cc1. The Bertz CT molecular complexity index is 1220. The number of rotatable bonds is 4. The number of carbonyl (C=O) groups excluding carboxylic acids is 1. The second-order valence-corrected chi connectivity index (χ2v) is 6.40. The molecule has 0 unspecified atom stereocenters. The van der Waals surface area contributed by atoms with E-state index in [1.54, 1.807) is 30.3 Å². The number of nitrogens with one attached hydrogen (secondary N) is 1. The first kappa shape index (κ1) is 17.2. The van der Waals surface area contributed by atoms with E-state index in [1.807, 2.05) is 0 Å². The summed E-state index contributed by atoms with van der Waals surface area (Å²) in [5, 5.41) is 11.4. The van der Waals surface area contributed by atoms with Crippen LogP contribution in [0.1, 0.15) is 5.56 Å². The third-order valence-electron chi connectivity index (χ3n) is 4.18. The second kappa shape index (κ2) is 6.81. The first-order valence-corrected chi connectivity index (χ1v) is 8.44. The molecule has 2 heterocycles. The van der Waals surface area contributed by atoms with E-state index in [0.717, 1.165) is 5.56 Å². The molecule has 0 saturated heterocycles. The predicted octanol–water partition coefficient (Wildman–Crippen LogP) is 2.15. The van der Waals surface area contributed by atoms with Crippen molar-refractivity contribution in [1.82, 2.24) is 24.7 Å². The Morgan fingerprint density at radius 1 is 1.19 bits per heavy atom. The summed E-state index contributed by atoms with van der Waals surface area (Å²) in [4.78, 5) is 25.2. The number of nitrogens with zero attached hydrogens (tertiary/aromatic N) is 4. The van der Waals surface area contributed by atoms with E-state index in [0.29, 0.717) is 21.6 Å². The summed E-state index contributed by atoms with van der Waals surface area (Å²) in [6.45, 7) is 0.0281. The molecule has 0 atom stereocenters.